The molecule has 2 N–H and O–H groups in total. The highest BCUT2D eigenvalue weighted by molar-refractivity contribution is 5.76. The van der Waals surface area contributed by atoms with Crippen molar-refractivity contribution in [3.05, 3.63) is 0 Å². The molecule has 2 fully saturated rings. The van der Waals surface area contributed by atoms with Crippen LogP contribution in [0, 0.1) is 5.92 Å². The summed E-state index contributed by atoms with van der Waals surface area (Å²) in [6.07, 6.45) is 1.55. The molecule has 0 radical (unpaired) electrons. The maximum absolute atomic E-state index is 11.6. The summed E-state index contributed by atoms with van der Waals surface area (Å²) in [5.74, 6) is -0.597. The van der Waals surface area contributed by atoms with E-state index in [-0.39, 0.29) is 37.3 Å². The van der Waals surface area contributed by atoms with Crippen LogP contribution >= 0.6 is 0 Å². The third-order valence-electron chi connectivity index (χ3n) is 3.01. The van der Waals surface area contributed by atoms with Crippen molar-refractivity contribution in [1.29, 1.82) is 0 Å². The Morgan fingerprint density at radius 3 is 2.78 bits per heavy atom. The van der Waals surface area contributed by atoms with Gasteiger partial charge in [-0.05, 0) is 19.8 Å². The van der Waals surface area contributed by atoms with Gasteiger partial charge in [0, 0.05) is 6.42 Å². The van der Waals surface area contributed by atoms with Gasteiger partial charge in [0.1, 0.15) is 18.2 Å². The van der Waals surface area contributed by atoms with Crippen LogP contribution in [0.3, 0.4) is 0 Å². The van der Waals surface area contributed by atoms with Gasteiger partial charge >= 0.3 is 11.9 Å². The van der Waals surface area contributed by atoms with E-state index in [1.807, 2.05) is 0 Å². The molecule has 0 aromatic rings. The fourth-order valence-corrected chi connectivity index (χ4v) is 1.83. The minimum Gasteiger partial charge on any atom is -0.461 e. The molecule has 0 bridgehead atoms. The van der Waals surface area contributed by atoms with Crippen molar-refractivity contribution >= 4 is 11.9 Å². The second-order valence-electron chi connectivity index (χ2n) is 4.96. The lowest BCUT2D eigenvalue weighted by Crippen LogP contribution is -2.37. The van der Waals surface area contributed by atoms with Gasteiger partial charge in [0.15, 0.2) is 0 Å². The zero-order valence-corrected chi connectivity index (χ0v) is 10.5. The van der Waals surface area contributed by atoms with Crippen molar-refractivity contribution in [1.82, 2.24) is 0 Å². The van der Waals surface area contributed by atoms with Gasteiger partial charge in [0.05, 0.1) is 19.1 Å². The summed E-state index contributed by atoms with van der Waals surface area (Å²) < 4.78 is 15.8. The number of nitrogens with two attached hydrogens (primary N) is 1. The molecule has 1 aliphatic heterocycles. The van der Waals surface area contributed by atoms with E-state index in [4.69, 9.17) is 19.9 Å². The SMILES string of the molecule is CC1CC(OC(=O)C2CC2)COC[C@H](N)C(=O)O1. The Hall–Kier alpha value is -1.14. The minimum atomic E-state index is -0.773. The van der Waals surface area contributed by atoms with Gasteiger partial charge in [-0.2, -0.15) is 0 Å². The van der Waals surface area contributed by atoms with Gasteiger partial charge in [0.25, 0.3) is 0 Å². The first-order valence-corrected chi connectivity index (χ1v) is 6.30. The summed E-state index contributed by atoms with van der Waals surface area (Å²) in [6.45, 7) is 2.10. The third kappa shape index (κ3) is 3.68. The summed E-state index contributed by atoms with van der Waals surface area (Å²) in [4.78, 5) is 23.0. The average Bonchev–Trinajstić information content (AvgIpc) is 3.10. The van der Waals surface area contributed by atoms with E-state index < -0.39 is 12.0 Å². The van der Waals surface area contributed by atoms with Gasteiger partial charge in [-0.15, -0.1) is 0 Å². The smallest absolute Gasteiger partial charge is 0.325 e. The maximum Gasteiger partial charge on any atom is 0.325 e. The van der Waals surface area contributed by atoms with E-state index in [1.54, 1.807) is 6.92 Å². The molecule has 2 unspecified atom stereocenters. The van der Waals surface area contributed by atoms with Gasteiger partial charge in [0.2, 0.25) is 0 Å². The fourth-order valence-electron chi connectivity index (χ4n) is 1.83. The van der Waals surface area contributed by atoms with Crippen molar-refractivity contribution in [3.8, 4) is 0 Å². The number of esters is 2. The van der Waals surface area contributed by atoms with Gasteiger partial charge < -0.3 is 19.9 Å². The molecule has 0 aromatic carbocycles. The number of carbonyl (C=O) groups excluding carboxylic acids is 2. The first kappa shape index (κ1) is 13.3. The summed E-state index contributed by atoms with van der Waals surface area (Å²) in [5, 5.41) is 0. The fraction of sp³-hybridized carbons (Fsp3) is 0.833. The monoisotopic (exact) mass is 257 g/mol. The molecule has 0 spiro atoms. The summed E-state index contributed by atoms with van der Waals surface area (Å²) >= 11 is 0. The second kappa shape index (κ2) is 5.67. The molecule has 3 atom stereocenters. The van der Waals surface area contributed by atoms with Crippen LogP contribution in [-0.4, -0.2) is 43.4 Å². The van der Waals surface area contributed by atoms with Crippen LogP contribution in [0.1, 0.15) is 26.2 Å². The Bertz CT molecular complexity index is 328. The first-order chi connectivity index (χ1) is 8.56. The average molecular weight is 257 g/mol. The molecule has 6 nitrogen and oxygen atoms in total. The number of ether oxygens (including phenoxy) is 3. The predicted octanol–water partition coefficient (Wildman–Crippen LogP) is -0.0125. The second-order valence-corrected chi connectivity index (χ2v) is 4.96. The standard InChI is InChI=1S/C12H19NO5/c1-7-4-9(18-11(14)8-2-3-8)5-16-6-10(13)12(15)17-7/h7-10H,2-6,13H2,1H3/t7?,9?,10-/m0/s1. The van der Waals surface area contributed by atoms with Gasteiger partial charge in [-0.3, -0.25) is 9.59 Å². The van der Waals surface area contributed by atoms with Crippen LogP contribution in [0.15, 0.2) is 0 Å². The number of rotatable bonds is 2. The Balaban J connectivity index is 1.89. The van der Waals surface area contributed by atoms with E-state index in [0.717, 1.165) is 12.8 Å². The van der Waals surface area contributed by atoms with Crippen molar-refractivity contribution in [3.63, 3.8) is 0 Å². The summed E-state index contributed by atoms with van der Waals surface area (Å²) in [5.41, 5.74) is 5.58. The molecule has 102 valence electrons. The lowest BCUT2D eigenvalue weighted by atomic mass is 10.2. The van der Waals surface area contributed by atoms with Crippen LogP contribution in [0.5, 0.6) is 0 Å². The van der Waals surface area contributed by atoms with Gasteiger partial charge in [-0.25, -0.2) is 0 Å². The Morgan fingerprint density at radius 1 is 1.39 bits per heavy atom. The predicted molar refractivity (Wildman–Crippen MR) is 61.6 cm³/mol. The van der Waals surface area contributed by atoms with E-state index in [0.29, 0.717) is 6.42 Å². The lowest BCUT2D eigenvalue weighted by molar-refractivity contribution is -0.156. The van der Waals surface area contributed by atoms with Crippen molar-refractivity contribution < 1.29 is 23.8 Å². The largest absolute Gasteiger partial charge is 0.461 e. The molecule has 2 rings (SSSR count). The van der Waals surface area contributed by atoms with E-state index in [2.05, 4.69) is 0 Å². The van der Waals surface area contributed by atoms with Crippen LogP contribution in [0.25, 0.3) is 0 Å². The van der Waals surface area contributed by atoms with E-state index in [1.165, 1.54) is 0 Å². The number of hydrogen-bond donors (Lipinski definition) is 1. The van der Waals surface area contributed by atoms with Crippen LogP contribution in [0.4, 0.5) is 0 Å². The van der Waals surface area contributed by atoms with Crippen molar-refractivity contribution in [2.45, 2.75) is 44.4 Å². The van der Waals surface area contributed by atoms with Gasteiger partial charge in [-0.1, -0.05) is 0 Å². The van der Waals surface area contributed by atoms with Crippen molar-refractivity contribution in [2.24, 2.45) is 11.7 Å². The lowest BCUT2D eigenvalue weighted by Gasteiger charge is -2.19. The summed E-state index contributed by atoms with van der Waals surface area (Å²) in [7, 11) is 0. The number of carbonyl (C=O) groups is 2. The molecule has 6 heteroatoms. The maximum atomic E-state index is 11.6. The molecule has 18 heavy (non-hydrogen) atoms. The molecule has 1 saturated carbocycles. The molecule has 2 aliphatic rings. The molecule has 0 aromatic heterocycles. The molecular weight excluding hydrogens is 238 g/mol. The Morgan fingerprint density at radius 2 is 2.11 bits per heavy atom. The Labute approximate surface area is 106 Å². The zero-order valence-electron chi connectivity index (χ0n) is 10.5. The van der Waals surface area contributed by atoms with Crippen LogP contribution < -0.4 is 5.73 Å². The minimum absolute atomic E-state index is 0.0535. The van der Waals surface area contributed by atoms with Crippen LogP contribution in [0.2, 0.25) is 0 Å². The van der Waals surface area contributed by atoms with Crippen LogP contribution in [-0.2, 0) is 23.8 Å². The molecule has 1 aliphatic carbocycles. The highest BCUT2D eigenvalue weighted by atomic mass is 16.6. The molecule has 1 heterocycles. The van der Waals surface area contributed by atoms with E-state index in [9.17, 15) is 9.59 Å². The number of cyclic esters (lactones) is 1. The highest BCUT2D eigenvalue weighted by Gasteiger charge is 2.34. The first-order valence-electron chi connectivity index (χ1n) is 6.30. The summed E-state index contributed by atoms with van der Waals surface area (Å²) in [6, 6.07) is -0.773. The zero-order chi connectivity index (χ0) is 13.1. The third-order valence-corrected chi connectivity index (χ3v) is 3.01. The quantitative estimate of drug-likeness (QED) is 0.700. The Kier molecular flexibility index (Phi) is 4.19. The molecule has 1 saturated heterocycles. The van der Waals surface area contributed by atoms with E-state index >= 15 is 0 Å². The normalized spacial score (nSPS) is 33.9. The molecular formula is C12H19NO5. The topological polar surface area (TPSA) is 87.9 Å². The van der Waals surface area contributed by atoms with Crippen molar-refractivity contribution in [2.75, 3.05) is 13.2 Å². The highest BCUT2D eigenvalue weighted by Crippen LogP contribution is 2.31. The molecule has 0 amide bonds. The number of hydrogen-bond acceptors (Lipinski definition) is 6.